The molecule has 0 aromatic carbocycles. The molecule has 1 atom stereocenters. The van der Waals surface area contributed by atoms with Crippen molar-refractivity contribution in [3.63, 3.8) is 0 Å². The number of pyridine rings is 1. The average Bonchev–Trinajstić information content (AvgIpc) is 3.13. The van der Waals surface area contributed by atoms with Crippen molar-refractivity contribution in [2.75, 3.05) is 11.4 Å². The summed E-state index contributed by atoms with van der Waals surface area (Å²) in [6.07, 6.45) is 7.58. The van der Waals surface area contributed by atoms with Crippen LogP contribution in [0.15, 0.2) is 53.8 Å². The van der Waals surface area contributed by atoms with Gasteiger partial charge in [-0.05, 0) is 31.0 Å². The molecule has 0 N–H and O–H groups in total. The second kappa shape index (κ2) is 6.99. The first kappa shape index (κ1) is 16.3. The molecule has 1 aliphatic heterocycles. The molecule has 1 fully saturated rings. The van der Waals surface area contributed by atoms with Crippen LogP contribution in [-0.4, -0.2) is 37.3 Å². The minimum absolute atomic E-state index is 0.0369. The lowest BCUT2D eigenvalue weighted by molar-refractivity contribution is 0.486. The van der Waals surface area contributed by atoms with Gasteiger partial charge in [-0.15, -0.1) is 0 Å². The number of halogens is 1. The Morgan fingerprint density at radius 1 is 1.15 bits per heavy atom. The summed E-state index contributed by atoms with van der Waals surface area (Å²) >= 11 is 0. The van der Waals surface area contributed by atoms with E-state index in [1.54, 1.807) is 18.5 Å². The number of nitrogens with zero attached hydrogens (tertiary/aromatic N) is 6. The maximum atomic E-state index is 13.1. The Balaban J connectivity index is 1.60. The Labute approximate surface area is 149 Å². The zero-order valence-electron chi connectivity index (χ0n) is 14.0. The van der Waals surface area contributed by atoms with Crippen LogP contribution in [0.25, 0.3) is 11.3 Å². The molecule has 1 saturated heterocycles. The van der Waals surface area contributed by atoms with Gasteiger partial charge in [-0.2, -0.15) is 5.10 Å². The third kappa shape index (κ3) is 3.30. The molecule has 3 aromatic rings. The third-order valence-corrected chi connectivity index (χ3v) is 4.45. The fourth-order valence-corrected chi connectivity index (χ4v) is 3.19. The lowest BCUT2D eigenvalue weighted by Gasteiger charge is -2.24. The number of hydrogen-bond acceptors (Lipinski definition) is 6. The standard InChI is InChI=1S/C18H17FN6O/c19-14-10-21-18(22-11-14)24-8-2-4-15(24)12-25-17(26)6-5-16(23-25)13-3-1-7-20-9-13/h1,3,5-7,9-11,15H,2,4,8,12H2. The monoisotopic (exact) mass is 352 g/mol. The van der Waals surface area contributed by atoms with Gasteiger partial charge in [0.2, 0.25) is 5.95 Å². The second-order valence-corrected chi connectivity index (χ2v) is 6.17. The molecule has 8 heteroatoms. The smallest absolute Gasteiger partial charge is 0.266 e. The highest BCUT2D eigenvalue weighted by molar-refractivity contribution is 5.56. The minimum Gasteiger partial charge on any atom is -0.336 e. The van der Waals surface area contributed by atoms with Gasteiger partial charge in [0, 0.05) is 30.6 Å². The summed E-state index contributed by atoms with van der Waals surface area (Å²) < 4.78 is 14.5. The van der Waals surface area contributed by atoms with Crippen LogP contribution < -0.4 is 10.5 Å². The van der Waals surface area contributed by atoms with E-state index in [1.165, 1.54) is 10.7 Å². The van der Waals surface area contributed by atoms with Gasteiger partial charge in [0.05, 0.1) is 30.7 Å². The lowest BCUT2D eigenvalue weighted by Crippen LogP contribution is -2.38. The number of anilines is 1. The molecule has 4 heterocycles. The fourth-order valence-electron chi connectivity index (χ4n) is 3.19. The van der Waals surface area contributed by atoms with E-state index in [1.807, 2.05) is 17.0 Å². The topological polar surface area (TPSA) is 76.8 Å². The summed E-state index contributed by atoms with van der Waals surface area (Å²) in [6, 6.07) is 6.99. The van der Waals surface area contributed by atoms with E-state index in [0.717, 1.165) is 37.3 Å². The summed E-state index contributed by atoms with van der Waals surface area (Å²) in [5, 5.41) is 4.48. The third-order valence-electron chi connectivity index (χ3n) is 4.45. The molecular formula is C18H17FN6O. The van der Waals surface area contributed by atoms with Crippen LogP contribution in [-0.2, 0) is 6.54 Å². The molecule has 0 saturated carbocycles. The molecule has 0 amide bonds. The summed E-state index contributed by atoms with van der Waals surface area (Å²) in [6.45, 7) is 1.20. The van der Waals surface area contributed by atoms with Crippen molar-refractivity contribution in [2.24, 2.45) is 0 Å². The van der Waals surface area contributed by atoms with Crippen LogP contribution in [0.1, 0.15) is 12.8 Å². The van der Waals surface area contributed by atoms with E-state index in [-0.39, 0.29) is 11.6 Å². The van der Waals surface area contributed by atoms with Gasteiger partial charge in [-0.25, -0.2) is 19.0 Å². The van der Waals surface area contributed by atoms with Gasteiger partial charge >= 0.3 is 0 Å². The second-order valence-electron chi connectivity index (χ2n) is 6.17. The van der Waals surface area contributed by atoms with Crippen molar-refractivity contribution >= 4 is 5.95 Å². The van der Waals surface area contributed by atoms with Crippen molar-refractivity contribution in [1.82, 2.24) is 24.7 Å². The first-order valence-electron chi connectivity index (χ1n) is 8.43. The summed E-state index contributed by atoms with van der Waals surface area (Å²) in [4.78, 5) is 26.5. The van der Waals surface area contributed by atoms with Crippen molar-refractivity contribution in [1.29, 1.82) is 0 Å². The molecule has 4 rings (SSSR count). The van der Waals surface area contributed by atoms with Gasteiger partial charge in [-0.1, -0.05) is 0 Å². The molecular weight excluding hydrogens is 335 g/mol. The molecule has 0 bridgehead atoms. The van der Waals surface area contributed by atoms with Crippen molar-refractivity contribution in [3.05, 3.63) is 65.2 Å². The molecule has 3 aromatic heterocycles. The highest BCUT2D eigenvalue weighted by Gasteiger charge is 2.27. The van der Waals surface area contributed by atoms with Crippen LogP contribution in [0, 0.1) is 5.82 Å². The van der Waals surface area contributed by atoms with E-state index in [4.69, 9.17) is 0 Å². The largest absolute Gasteiger partial charge is 0.336 e. The minimum atomic E-state index is -0.466. The molecule has 0 radical (unpaired) electrons. The maximum Gasteiger partial charge on any atom is 0.266 e. The van der Waals surface area contributed by atoms with Crippen LogP contribution in [0.3, 0.4) is 0 Å². The van der Waals surface area contributed by atoms with Crippen LogP contribution >= 0.6 is 0 Å². The lowest BCUT2D eigenvalue weighted by atomic mass is 10.2. The zero-order valence-corrected chi connectivity index (χ0v) is 14.0. The highest BCUT2D eigenvalue weighted by Crippen LogP contribution is 2.23. The molecule has 0 aliphatic carbocycles. The Hall–Kier alpha value is -3.16. The van der Waals surface area contributed by atoms with Crippen molar-refractivity contribution < 1.29 is 4.39 Å². The number of hydrogen-bond donors (Lipinski definition) is 0. The SMILES string of the molecule is O=c1ccc(-c2cccnc2)nn1CC1CCCN1c1ncc(F)cn1. The molecule has 7 nitrogen and oxygen atoms in total. The Bertz CT molecular complexity index is 944. The highest BCUT2D eigenvalue weighted by atomic mass is 19.1. The number of rotatable bonds is 4. The van der Waals surface area contributed by atoms with Crippen molar-refractivity contribution in [2.45, 2.75) is 25.4 Å². The van der Waals surface area contributed by atoms with E-state index in [9.17, 15) is 9.18 Å². The van der Waals surface area contributed by atoms with Crippen LogP contribution in [0.2, 0.25) is 0 Å². The molecule has 26 heavy (non-hydrogen) atoms. The van der Waals surface area contributed by atoms with Crippen molar-refractivity contribution in [3.8, 4) is 11.3 Å². The summed E-state index contributed by atoms with van der Waals surface area (Å²) in [7, 11) is 0. The van der Waals surface area contributed by atoms with Gasteiger partial charge in [0.15, 0.2) is 5.82 Å². The van der Waals surface area contributed by atoms with Gasteiger partial charge in [0.1, 0.15) is 0 Å². The van der Waals surface area contributed by atoms with Gasteiger partial charge < -0.3 is 4.90 Å². The summed E-state index contributed by atoms with van der Waals surface area (Å²) in [5.74, 6) is 0.0110. The fraction of sp³-hybridized carbons (Fsp3) is 0.278. The Kier molecular flexibility index (Phi) is 4.39. The zero-order chi connectivity index (χ0) is 17.9. The van der Waals surface area contributed by atoms with E-state index < -0.39 is 5.82 Å². The Morgan fingerprint density at radius 2 is 2.00 bits per heavy atom. The predicted molar refractivity (Wildman–Crippen MR) is 94.1 cm³/mol. The molecule has 0 spiro atoms. The molecule has 1 aliphatic rings. The van der Waals surface area contributed by atoms with Gasteiger partial charge in [-0.3, -0.25) is 9.78 Å². The molecule has 1 unspecified atom stereocenters. The maximum absolute atomic E-state index is 13.1. The first-order valence-corrected chi connectivity index (χ1v) is 8.43. The predicted octanol–water partition coefficient (Wildman–Crippen LogP) is 1.90. The summed E-state index contributed by atoms with van der Waals surface area (Å²) in [5.41, 5.74) is 1.39. The van der Waals surface area contributed by atoms with E-state index in [0.29, 0.717) is 18.2 Å². The first-order chi connectivity index (χ1) is 12.7. The average molecular weight is 352 g/mol. The van der Waals surface area contributed by atoms with Crippen LogP contribution in [0.5, 0.6) is 0 Å². The van der Waals surface area contributed by atoms with Gasteiger partial charge in [0.25, 0.3) is 5.56 Å². The Morgan fingerprint density at radius 3 is 2.77 bits per heavy atom. The van der Waals surface area contributed by atoms with E-state index in [2.05, 4.69) is 20.1 Å². The van der Waals surface area contributed by atoms with Crippen LogP contribution in [0.4, 0.5) is 10.3 Å². The molecule has 132 valence electrons. The van der Waals surface area contributed by atoms with E-state index >= 15 is 0 Å². The quantitative estimate of drug-likeness (QED) is 0.714. The number of aromatic nitrogens is 5. The normalized spacial score (nSPS) is 16.8.